The van der Waals surface area contributed by atoms with Crippen LogP contribution in [0, 0.1) is 0 Å². The second-order valence-electron chi connectivity index (χ2n) is 6.87. The number of aromatic amines is 1. The van der Waals surface area contributed by atoms with Crippen molar-refractivity contribution in [2.75, 3.05) is 7.11 Å². The van der Waals surface area contributed by atoms with Crippen molar-refractivity contribution in [2.24, 2.45) is 0 Å². The monoisotopic (exact) mass is 378 g/mol. The minimum Gasteiger partial charge on any atom is -0.497 e. The Morgan fingerprint density at radius 2 is 1.62 bits per heavy atom. The Bertz CT molecular complexity index is 1340. The van der Waals surface area contributed by atoms with E-state index in [1.165, 1.54) is 0 Å². The number of nitrogens with zero attached hydrogens (tertiary/aromatic N) is 1. The van der Waals surface area contributed by atoms with Gasteiger partial charge in [0.2, 0.25) is 0 Å². The molecule has 5 aromatic rings. The maximum atomic E-state index is 13.5. The predicted molar refractivity (Wildman–Crippen MR) is 115 cm³/mol. The normalized spacial score (nSPS) is 11.1. The number of hydrogen-bond donors (Lipinski definition) is 1. The van der Waals surface area contributed by atoms with E-state index in [-0.39, 0.29) is 5.78 Å². The van der Waals surface area contributed by atoms with E-state index in [1.807, 2.05) is 60.7 Å². The molecule has 1 N–H and O–H groups in total. The van der Waals surface area contributed by atoms with E-state index in [4.69, 9.17) is 9.72 Å². The fourth-order valence-electron chi connectivity index (χ4n) is 3.68. The van der Waals surface area contributed by atoms with Crippen LogP contribution in [0.4, 0.5) is 0 Å². The Kier molecular flexibility index (Phi) is 4.10. The van der Waals surface area contributed by atoms with Gasteiger partial charge < -0.3 is 9.72 Å². The van der Waals surface area contributed by atoms with Gasteiger partial charge in [-0.15, -0.1) is 0 Å². The fraction of sp³-hybridized carbons (Fsp3) is 0.0400. The Balaban J connectivity index is 1.77. The van der Waals surface area contributed by atoms with Gasteiger partial charge in [-0.05, 0) is 36.4 Å². The van der Waals surface area contributed by atoms with E-state index < -0.39 is 0 Å². The Labute approximate surface area is 167 Å². The van der Waals surface area contributed by atoms with Gasteiger partial charge >= 0.3 is 0 Å². The van der Waals surface area contributed by atoms with Crippen LogP contribution in [0.2, 0.25) is 0 Å². The minimum absolute atomic E-state index is 0.0398. The first-order valence-corrected chi connectivity index (χ1v) is 9.40. The summed E-state index contributed by atoms with van der Waals surface area (Å²) < 4.78 is 5.22. The van der Waals surface area contributed by atoms with E-state index in [9.17, 15) is 4.79 Å². The third kappa shape index (κ3) is 2.95. The van der Waals surface area contributed by atoms with Crippen LogP contribution in [0.1, 0.15) is 15.9 Å². The maximum absolute atomic E-state index is 13.5. The van der Waals surface area contributed by atoms with Crippen LogP contribution in [0.3, 0.4) is 0 Å². The highest BCUT2D eigenvalue weighted by Gasteiger charge is 2.19. The van der Waals surface area contributed by atoms with E-state index >= 15 is 0 Å². The summed E-state index contributed by atoms with van der Waals surface area (Å²) in [6.45, 7) is 0. The van der Waals surface area contributed by atoms with Crippen molar-refractivity contribution in [1.29, 1.82) is 0 Å². The fourth-order valence-corrected chi connectivity index (χ4v) is 3.68. The summed E-state index contributed by atoms with van der Waals surface area (Å²) in [4.78, 5) is 21.7. The summed E-state index contributed by atoms with van der Waals surface area (Å²) in [5.74, 6) is 0.681. The average Bonchev–Trinajstić information content (AvgIpc) is 3.17. The molecular weight excluding hydrogens is 360 g/mol. The lowest BCUT2D eigenvalue weighted by Crippen LogP contribution is -2.03. The molecule has 0 atom stereocenters. The molecular formula is C25H18N2O2. The number of H-pyrrole nitrogens is 1. The summed E-state index contributed by atoms with van der Waals surface area (Å²) in [6, 6.07) is 27.0. The summed E-state index contributed by atoms with van der Waals surface area (Å²) in [5.41, 5.74) is 4.66. The number of aromatic nitrogens is 2. The second-order valence-corrected chi connectivity index (χ2v) is 6.87. The smallest absolute Gasteiger partial charge is 0.193 e. The van der Waals surface area contributed by atoms with Gasteiger partial charge in [0.25, 0.3) is 0 Å². The number of para-hydroxylation sites is 1. The minimum atomic E-state index is -0.0398. The summed E-state index contributed by atoms with van der Waals surface area (Å²) >= 11 is 0. The molecule has 0 spiro atoms. The first-order chi connectivity index (χ1) is 14.2. The molecule has 29 heavy (non-hydrogen) atoms. The number of nitrogens with one attached hydrogen (secondary N) is 1. The number of benzene rings is 3. The molecule has 0 aliphatic rings. The molecule has 0 unspecified atom stereocenters. The highest BCUT2D eigenvalue weighted by atomic mass is 16.5. The van der Waals surface area contributed by atoms with Crippen LogP contribution in [0.15, 0.2) is 84.9 Å². The third-order valence-corrected chi connectivity index (χ3v) is 5.14. The van der Waals surface area contributed by atoms with E-state index in [0.717, 1.165) is 33.3 Å². The number of carbonyl (C=O) groups excluding carboxylic acids is 1. The number of rotatable bonds is 4. The van der Waals surface area contributed by atoms with E-state index in [0.29, 0.717) is 16.8 Å². The van der Waals surface area contributed by atoms with Crippen molar-refractivity contribution in [1.82, 2.24) is 9.97 Å². The van der Waals surface area contributed by atoms with Crippen molar-refractivity contribution < 1.29 is 9.53 Å². The maximum Gasteiger partial charge on any atom is 0.193 e. The van der Waals surface area contributed by atoms with Gasteiger partial charge in [0.05, 0.1) is 12.8 Å². The number of pyridine rings is 1. The number of ether oxygens (including phenoxy) is 1. The molecule has 0 saturated heterocycles. The lowest BCUT2D eigenvalue weighted by atomic mass is 9.97. The molecule has 0 aliphatic heterocycles. The van der Waals surface area contributed by atoms with Gasteiger partial charge in [-0.2, -0.15) is 0 Å². The predicted octanol–water partition coefficient (Wildman–Crippen LogP) is 5.62. The molecule has 0 radical (unpaired) electrons. The zero-order valence-corrected chi connectivity index (χ0v) is 15.8. The van der Waals surface area contributed by atoms with E-state index in [2.05, 4.69) is 4.98 Å². The van der Waals surface area contributed by atoms with Crippen LogP contribution in [0.25, 0.3) is 33.2 Å². The quantitative estimate of drug-likeness (QED) is 0.413. The highest BCUT2D eigenvalue weighted by molar-refractivity contribution is 6.22. The summed E-state index contributed by atoms with van der Waals surface area (Å²) in [7, 11) is 1.61. The van der Waals surface area contributed by atoms with Crippen molar-refractivity contribution >= 4 is 27.7 Å². The van der Waals surface area contributed by atoms with Crippen molar-refractivity contribution in [3.05, 3.63) is 96.1 Å². The Morgan fingerprint density at radius 3 is 2.38 bits per heavy atom. The second kappa shape index (κ2) is 6.91. The zero-order valence-electron chi connectivity index (χ0n) is 15.8. The standard InChI is InChI=1S/C25H18N2O2/c1-29-18-13-11-17(12-14-18)24(28)20-15-22(16-7-3-2-4-8-16)27-25-23(20)19-9-5-6-10-21(19)26-25/h2-15H,1H3,(H,26,27). The molecule has 0 saturated carbocycles. The lowest BCUT2D eigenvalue weighted by Gasteiger charge is -2.08. The van der Waals surface area contributed by atoms with Crippen LogP contribution in [-0.4, -0.2) is 22.9 Å². The molecule has 5 rings (SSSR count). The molecule has 4 heteroatoms. The Morgan fingerprint density at radius 1 is 0.897 bits per heavy atom. The molecule has 0 fully saturated rings. The SMILES string of the molecule is COc1ccc(C(=O)c2cc(-c3ccccc3)nc3[nH]c4ccccc4c23)cc1. The lowest BCUT2D eigenvalue weighted by molar-refractivity contribution is 0.104. The largest absolute Gasteiger partial charge is 0.497 e. The summed E-state index contributed by atoms with van der Waals surface area (Å²) in [6.07, 6.45) is 0. The number of carbonyl (C=O) groups is 1. The van der Waals surface area contributed by atoms with Gasteiger partial charge in [-0.3, -0.25) is 4.79 Å². The number of methoxy groups -OCH3 is 1. The number of hydrogen-bond acceptors (Lipinski definition) is 3. The zero-order chi connectivity index (χ0) is 19.8. The third-order valence-electron chi connectivity index (χ3n) is 5.14. The van der Waals surface area contributed by atoms with Crippen LogP contribution < -0.4 is 4.74 Å². The topological polar surface area (TPSA) is 55.0 Å². The van der Waals surface area contributed by atoms with Crippen LogP contribution in [-0.2, 0) is 0 Å². The van der Waals surface area contributed by atoms with Crippen molar-refractivity contribution in [2.45, 2.75) is 0 Å². The molecule has 140 valence electrons. The Hall–Kier alpha value is -3.92. The van der Waals surface area contributed by atoms with Gasteiger partial charge in [-0.25, -0.2) is 4.98 Å². The van der Waals surface area contributed by atoms with Crippen molar-refractivity contribution in [3.8, 4) is 17.0 Å². The molecule has 2 aromatic heterocycles. The highest BCUT2D eigenvalue weighted by Crippen LogP contribution is 2.32. The van der Waals surface area contributed by atoms with Gasteiger partial charge in [0.15, 0.2) is 5.78 Å². The first kappa shape index (κ1) is 17.2. The van der Waals surface area contributed by atoms with Gasteiger partial charge in [0.1, 0.15) is 11.4 Å². The molecule has 4 nitrogen and oxygen atoms in total. The van der Waals surface area contributed by atoms with Gasteiger partial charge in [0, 0.05) is 33.0 Å². The summed E-state index contributed by atoms with van der Waals surface area (Å²) in [5, 5.41) is 1.84. The molecule has 3 aromatic carbocycles. The first-order valence-electron chi connectivity index (χ1n) is 9.40. The van der Waals surface area contributed by atoms with Crippen LogP contribution >= 0.6 is 0 Å². The van der Waals surface area contributed by atoms with Crippen molar-refractivity contribution in [3.63, 3.8) is 0 Å². The van der Waals surface area contributed by atoms with E-state index in [1.54, 1.807) is 31.4 Å². The molecule has 0 bridgehead atoms. The number of fused-ring (bicyclic) bond motifs is 3. The van der Waals surface area contributed by atoms with Gasteiger partial charge in [-0.1, -0.05) is 48.5 Å². The molecule has 0 aliphatic carbocycles. The molecule has 2 heterocycles. The van der Waals surface area contributed by atoms with Crippen LogP contribution in [0.5, 0.6) is 5.75 Å². The molecule has 0 amide bonds. The number of ketones is 1. The average molecular weight is 378 g/mol.